The zero-order chi connectivity index (χ0) is 71.6. The molecule has 0 saturated carbocycles. The number of terminal acetylenes is 1. The molecule has 0 fully saturated rings. The number of nitrogens with two attached hydrogens (primary N) is 1. The molecule has 6 aromatic heterocycles. The van der Waals surface area contributed by atoms with Crippen molar-refractivity contribution in [1.29, 1.82) is 0 Å². The summed E-state index contributed by atoms with van der Waals surface area (Å²) in [6.07, 6.45) is 28.1. The van der Waals surface area contributed by atoms with Crippen LogP contribution in [0.1, 0.15) is 128 Å². The first kappa shape index (κ1) is 86.9. The summed E-state index contributed by atoms with van der Waals surface area (Å²) < 4.78 is 4.70. The summed E-state index contributed by atoms with van der Waals surface area (Å²) in [6, 6.07) is 52.3. The van der Waals surface area contributed by atoms with E-state index in [4.69, 9.17) is 5.73 Å². The molecule has 11 aromatic rings. The number of hydrogen-bond donors (Lipinski definition) is 6. The van der Waals surface area contributed by atoms with Crippen molar-refractivity contribution in [3.63, 3.8) is 0 Å². The second-order valence-corrected chi connectivity index (χ2v) is 23.9. The van der Waals surface area contributed by atoms with Gasteiger partial charge >= 0.3 is 0 Å². The number of hydrogen-bond acceptors (Lipinski definition) is 11. The van der Waals surface area contributed by atoms with E-state index < -0.39 is 0 Å². The molecule has 16 nitrogen and oxygen atoms in total. The molecule has 0 aliphatic heterocycles. The number of aromatic amines is 3. The number of aromatic nitrogens is 11. The fourth-order valence-electron chi connectivity index (χ4n) is 6.96. The molecule has 11 rings (SSSR count). The fourth-order valence-corrected chi connectivity index (χ4v) is 8.55. The number of nitrogens with zero attached hydrogens (tertiary/aromatic N) is 8. The lowest BCUT2D eigenvalue weighted by Crippen LogP contribution is -2.24. The number of alkyl halides is 1. The Morgan fingerprint density at radius 1 is 0.625 bits per heavy atom. The lowest BCUT2D eigenvalue weighted by molar-refractivity contribution is 0.0983. The minimum atomic E-state index is -0.134. The summed E-state index contributed by atoms with van der Waals surface area (Å²) in [5.74, 6) is 8.12. The average Bonchev–Trinajstić information content (AvgIpc) is 1.72. The van der Waals surface area contributed by atoms with Gasteiger partial charge in [0, 0.05) is 76.0 Å². The third-order valence-electron chi connectivity index (χ3n) is 12.2. The van der Waals surface area contributed by atoms with Crippen molar-refractivity contribution in [3.05, 3.63) is 267 Å². The topological polar surface area (TPSA) is 219 Å². The van der Waals surface area contributed by atoms with Crippen LogP contribution in [0.2, 0.25) is 0 Å². The Hall–Kier alpha value is -9.06. The number of anilines is 1. The maximum Gasteiger partial charge on any atom is 0.183 e. The van der Waals surface area contributed by atoms with Gasteiger partial charge in [-0.05, 0) is 122 Å². The Morgan fingerprint density at radius 3 is 1.22 bits per heavy atom. The molecule has 0 aliphatic carbocycles. The number of halogens is 2. The highest BCUT2D eigenvalue weighted by Crippen LogP contribution is 2.29. The van der Waals surface area contributed by atoms with Gasteiger partial charge in [0.1, 0.15) is 0 Å². The summed E-state index contributed by atoms with van der Waals surface area (Å²) >= 11 is 11.4. The molecule has 96 heavy (non-hydrogen) atoms. The maximum absolute atomic E-state index is 11.1. The molecule has 0 saturated heterocycles. The van der Waals surface area contributed by atoms with E-state index in [1.807, 2.05) is 90.1 Å². The lowest BCUT2D eigenvalue weighted by Gasteiger charge is -1.95. The van der Waals surface area contributed by atoms with E-state index in [0.29, 0.717) is 22.7 Å². The number of ketones is 2. The molecular formula is C76H98BrIN14O2S2. The SMILES string of the molecule is C#CC.CC#Cc1cnn(C)c1.CC(Br)C(=O)c1cn[nH]c1.CCC(=O)c1cn[nH]c1.CCc1ccccc1.CCc1ccccc1.CCc1ccccc1.CCc1ccccc1.CCc1ccccc1.CNC(N)=S.CNc1nc(-c2cn[nH]c2)c(C)s1.Cn1cc(I)cn1. The van der Waals surface area contributed by atoms with E-state index in [1.54, 1.807) is 66.4 Å². The van der Waals surface area contributed by atoms with Gasteiger partial charge in [0.05, 0.1) is 61.8 Å². The van der Waals surface area contributed by atoms with Gasteiger partial charge in [-0.2, -0.15) is 25.5 Å². The van der Waals surface area contributed by atoms with Crippen LogP contribution in [0.3, 0.4) is 0 Å². The van der Waals surface area contributed by atoms with Crippen LogP contribution in [-0.2, 0) is 46.2 Å². The van der Waals surface area contributed by atoms with E-state index in [1.165, 1.54) is 48.7 Å². The molecular weight excluding hydrogens is 1410 g/mol. The van der Waals surface area contributed by atoms with E-state index in [-0.39, 0.29) is 16.4 Å². The second kappa shape index (κ2) is 57.4. The van der Waals surface area contributed by atoms with Gasteiger partial charge in [0.15, 0.2) is 21.8 Å². The molecule has 20 heteroatoms. The highest BCUT2D eigenvalue weighted by Gasteiger charge is 2.12. The number of benzene rings is 5. The zero-order valence-corrected chi connectivity index (χ0v) is 63.5. The standard InChI is InChI=1S/C8H10N4S.5C8H10.C7H8N2.C6H7BrN2O.C6H8N2O.C4H5IN2.C3H4.C2H6N2S/c1-5-7(6-3-10-11-4-6)12-8(9-2)13-5;5*1-2-8-6-4-3-5-7-8;1-3-4-7-5-8-9(2)6-7;1-4(7)6(10)5-2-8-9-3-5;1-2-6(9)5-3-7-8-4-5;1-7-3-4(5)2-6-7;1-3-2;1-4-2(3)5/h3-4H,1-2H3,(H,9,12)(H,10,11);5*3-7H,2H2,1H3;5-6H,1-2H3;2-4H,1H3,(H,8,9);3-4H,2H2,1H3,(H,7,8);2-3H,1H3;1H,2H3;1H3,(H3,3,4,5). The van der Waals surface area contributed by atoms with Crippen LogP contribution in [0.4, 0.5) is 5.13 Å². The Labute approximate surface area is 603 Å². The molecule has 0 bridgehead atoms. The predicted octanol–water partition coefficient (Wildman–Crippen LogP) is 17.4. The summed E-state index contributed by atoms with van der Waals surface area (Å²) in [5.41, 5.74) is 16.3. The monoisotopic (exact) mass is 1510 g/mol. The van der Waals surface area contributed by atoms with Crippen LogP contribution < -0.4 is 16.4 Å². The largest absolute Gasteiger partial charge is 0.376 e. The molecule has 7 N–H and O–H groups in total. The minimum Gasteiger partial charge on any atom is -0.376 e. The fraction of sp³-hybridized carbons (Fsp3) is 0.276. The molecule has 6 heterocycles. The van der Waals surface area contributed by atoms with Crippen molar-refractivity contribution in [1.82, 2.24) is 60.5 Å². The molecule has 0 aliphatic rings. The number of nitrogens with one attached hydrogen (secondary N) is 5. The van der Waals surface area contributed by atoms with Crippen molar-refractivity contribution < 1.29 is 9.59 Å². The molecule has 5 aromatic carbocycles. The molecule has 1 unspecified atom stereocenters. The van der Waals surface area contributed by atoms with Crippen LogP contribution in [0.15, 0.2) is 214 Å². The van der Waals surface area contributed by atoms with Gasteiger partial charge in [0.2, 0.25) is 0 Å². The summed E-state index contributed by atoms with van der Waals surface area (Å²) in [4.78, 5) is 27.4. The zero-order valence-electron chi connectivity index (χ0n) is 58.1. The predicted molar refractivity (Wildman–Crippen MR) is 420 cm³/mol. The van der Waals surface area contributed by atoms with Gasteiger partial charge in [-0.25, -0.2) is 4.98 Å². The van der Waals surface area contributed by atoms with Gasteiger partial charge in [-0.3, -0.25) is 34.2 Å². The van der Waals surface area contributed by atoms with Crippen LogP contribution in [-0.4, -0.2) is 90.7 Å². The smallest absolute Gasteiger partial charge is 0.183 e. The van der Waals surface area contributed by atoms with E-state index in [9.17, 15) is 9.59 Å². The van der Waals surface area contributed by atoms with Crippen LogP contribution in [0.5, 0.6) is 0 Å². The normalized spacial score (nSPS) is 9.32. The Morgan fingerprint density at radius 2 is 0.990 bits per heavy atom. The van der Waals surface area contributed by atoms with Crippen molar-refractivity contribution >= 4 is 83.9 Å². The second-order valence-electron chi connectivity index (χ2n) is 19.6. The first-order chi connectivity index (χ1) is 46.3. The van der Waals surface area contributed by atoms with Crippen molar-refractivity contribution in [3.8, 4) is 35.4 Å². The highest BCUT2D eigenvalue weighted by molar-refractivity contribution is 14.1. The first-order valence-electron chi connectivity index (χ1n) is 31.3. The number of Topliss-reactive ketones (excluding diaryl/α,β-unsaturated/α-hetero) is 2. The maximum atomic E-state index is 11.1. The Kier molecular flexibility index (Phi) is 52.0. The van der Waals surface area contributed by atoms with Gasteiger partial charge in [-0.1, -0.05) is 215 Å². The molecule has 510 valence electrons. The van der Waals surface area contributed by atoms with E-state index in [0.717, 1.165) is 54.1 Å². The average molecular weight is 1510 g/mol. The van der Waals surface area contributed by atoms with Crippen LogP contribution >= 0.6 is 62.1 Å². The van der Waals surface area contributed by atoms with Crippen LogP contribution in [0, 0.1) is 34.7 Å². The Balaban J connectivity index is 0.00000104. The van der Waals surface area contributed by atoms with E-state index in [2.05, 4.69) is 294 Å². The molecule has 1 atom stereocenters. The Bertz CT molecular complexity index is 3470. The van der Waals surface area contributed by atoms with E-state index >= 15 is 0 Å². The van der Waals surface area contributed by atoms with Crippen molar-refractivity contribution in [2.24, 2.45) is 19.8 Å². The number of thiazole rings is 1. The van der Waals surface area contributed by atoms with Crippen LogP contribution in [0.25, 0.3) is 11.3 Å². The molecule has 0 amide bonds. The molecule has 0 radical (unpaired) electrons. The minimum absolute atomic E-state index is 0.0498. The number of H-pyrrole nitrogens is 3. The van der Waals surface area contributed by atoms with Crippen molar-refractivity contribution in [2.75, 3.05) is 19.4 Å². The third-order valence-corrected chi connectivity index (χ3v) is 14.4. The highest BCUT2D eigenvalue weighted by atomic mass is 127. The van der Waals surface area contributed by atoms with Gasteiger partial charge in [-0.15, -0.1) is 29.6 Å². The summed E-state index contributed by atoms with van der Waals surface area (Å²) in [7, 11) is 7.34. The summed E-state index contributed by atoms with van der Waals surface area (Å²) in [5, 5.41) is 33.8. The number of thiocarbonyl (C=S) groups is 1. The first-order valence-corrected chi connectivity index (χ1v) is 34.5. The quantitative estimate of drug-likeness (QED) is 0.0234. The van der Waals surface area contributed by atoms with Gasteiger partial charge in [0.25, 0.3) is 0 Å². The summed E-state index contributed by atoms with van der Waals surface area (Å²) in [6.45, 7) is 19.9. The molecule has 0 spiro atoms. The number of carbonyl (C=O) groups excluding carboxylic acids is 2. The lowest BCUT2D eigenvalue weighted by atomic mass is 10.2. The van der Waals surface area contributed by atoms with Crippen molar-refractivity contribution in [2.45, 2.75) is 113 Å². The number of aryl methyl sites for hydroxylation is 8. The third kappa shape index (κ3) is 43.8. The number of carbonyl (C=O) groups is 2. The van der Waals surface area contributed by atoms with Gasteiger partial charge < -0.3 is 16.4 Å². The number of rotatable bonds is 11.